The van der Waals surface area contributed by atoms with Crippen LogP contribution in [-0.2, 0) is 23.9 Å². The summed E-state index contributed by atoms with van der Waals surface area (Å²) in [5.74, 6) is -0.977. The zero-order valence-electron chi connectivity index (χ0n) is 15.8. The molecule has 1 aliphatic heterocycles. The molecule has 0 unspecified atom stereocenters. The van der Waals surface area contributed by atoms with Gasteiger partial charge in [-0.2, -0.15) is 0 Å². The number of hydrogen-bond donors (Lipinski definition) is 0. The van der Waals surface area contributed by atoms with Crippen LogP contribution >= 0.6 is 0 Å². The second kappa shape index (κ2) is 7.51. The molecule has 138 valence electrons. The number of carbonyl (C=O) groups excluding carboxylic acids is 3. The molecule has 1 saturated heterocycles. The van der Waals surface area contributed by atoms with E-state index in [-0.39, 0.29) is 37.6 Å². The second-order valence-corrected chi connectivity index (χ2v) is 8.21. The van der Waals surface area contributed by atoms with Gasteiger partial charge in [-0.05, 0) is 48.5 Å². The molecule has 0 bridgehead atoms. The summed E-state index contributed by atoms with van der Waals surface area (Å²) in [5, 5.41) is 0. The van der Waals surface area contributed by atoms with Gasteiger partial charge < -0.3 is 14.4 Å². The summed E-state index contributed by atoms with van der Waals surface area (Å²) in [6.07, 6.45) is 0. The Morgan fingerprint density at radius 2 is 1.46 bits per heavy atom. The number of rotatable bonds is 4. The maximum Gasteiger partial charge on any atom is 0.326 e. The first kappa shape index (κ1) is 20.4. The SMILES string of the molecule is C[C@H]1CN(CC(=O)OC(C)(C)C)CC(=O)N1CC(=O)OC(C)(C)C. The fraction of sp³-hybridized carbons (Fsp3) is 0.824. The Morgan fingerprint density at radius 3 is 1.88 bits per heavy atom. The zero-order chi connectivity index (χ0) is 18.7. The maximum atomic E-state index is 12.3. The predicted molar refractivity (Wildman–Crippen MR) is 89.3 cm³/mol. The lowest BCUT2D eigenvalue weighted by Gasteiger charge is -2.39. The first-order valence-corrected chi connectivity index (χ1v) is 8.22. The van der Waals surface area contributed by atoms with Crippen LogP contribution in [0, 0.1) is 0 Å². The largest absolute Gasteiger partial charge is 0.459 e. The highest BCUT2D eigenvalue weighted by molar-refractivity contribution is 5.85. The minimum Gasteiger partial charge on any atom is -0.459 e. The van der Waals surface area contributed by atoms with Crippen LogP contribution in [0.15, 0.2) is 0 Å². The maximum absolute atomic E-state index is 12.3. The van der Waals surface area contributed by atoms with Crippen LogP contribution in [0.5, 0.6) is 0 Å². The van der Waals surface area contributed by atoms with Crippen LogP contribution in [0.2, 0.25) is 0 Å². The normalized spacial score (nSPS) is 20.0. The van der Waals surface area contributed by atoms with Crippen molar-refractivity contribution in [2.24, 2.45) is 0 Å². The monoisotopic (exact) mass is 342 g/mol. The molecule has 0 aliphatic carbocycles. The molecule has 0 spiro atoms. The van der Waals surface area contributed by atoms with Crippen molar-refractivity contribution in [2.75, 3.05) is 26.2 Å². The third-order valence-electron chi connectivity index (χ3n) is 3.23. The molecule has 0 N–H and O–H groups in total. The third kappa shape index (κ3) is 7.29. The summed E-state index contributed by atoms with van der Waals surface area (Å²) in [5.41, 5.74) is -1.13. The molecule has 24 heavy (non-hydrogen) atoms. The van der Waals surface area contributed by atoms with E-state index in [1.807, 2.05) is 6.92 Å². The van der Waals surface area contributed by atoms with Gasteiger partial charge in [-0.1, -0.05) is 0 Å². The Balaban J connectivity index is 2.57. The van der Waals surface area contributed by atoms with Crippen molar-refractivity contribution in [1.29, 1.82) is 0 Å². The summed E-state index contributed by atoms with van der Waals surface area (Å²) in [7, 11) is 0. The molecule has 0 radical (unpaired) electrons. The van der Waals surface area contributed by atoms with Gasteiger partial charge in [-0.15, -0.1) is 0 Å². The van der Waals surface area contributed by atoms with Crippen molar-refractivity contribution >= 4 is 17.8 Å². The Bertz CT molecular complexity index is 490. The first-order chi connectivity index (χ1) is 10.8. The van der Waals surface area contributed by atoms with Crippen molar-refractivity contribution in [1.82, 2.24) is 9.80 Å². The number of carbonyl (C=O) groups is 3. The quantitative estimate of drug-likeness (QED) is 0.715. The van der Waals surface area contributed by atoms with E-state index in [2.05, 4.69) is 0 Å². The van der Waals surface area contributed by atoms with E-state index in [1.54, 1.807) is 46.4 Å². The molecule has 7 heteroatoms. The first-order valence-electron chi connectivity index (χ1n) is 8.22. The van der Waals surface area contributed by atoms with Crippen molar-refractivity contribution < 1.29 is 23.9 Å². The standard InChI is InChI=1S/C17H30N2O5/c1-12-8-18(10-14(21)23-16(2,3)4)9-13(20)19(12)11-15(22)24-17(5,6)7/h12H,8-11H2,1-7H3/t12-/m0/s1. The van der Waals surface area contributed by atoms with Crippen LogP contribution in [0.1, 0.15) is 48.5 Å². The van der Waals surface area contributed by atoms with E-state index in [0.29, 0.717) is 6.54 Å². The average molecular weight is 342 g/mol. The van der Waals surface area contributed by atoms with E-state index in [1.165, 1.54) is 4.90 Å². The van der Waals surface area contributed by atoms with E-state index in [9.17, 15) is 14.4 Å². The molecule has 1 fully saturated rings. The number of ether oxygens (including phenoxy) is 2. The molecule has 1 aliphatic rings. The van der Waals surface area contributed by atoms with Crippen LogP contribution in [0.3, 0.4) is 0 Å². The van der Waals surface area contributed by atoms with Crippen molar-refractivity contribution in [3.05, 3.63) is 0 Å². The van der Waals surface area contributed by atoms with E-state index in [0.717, 1.165) is 0 Å². The van der Waals surface area contributed by atoms with Crippen molar-refractivity contribution in [3.63, 3.8) is 0 Å². The minimum absolute atomic E-state index is 0.0631. The van der Waals surface area contributed by atoms with Crippen molar-refractivity contribution in [3.8, 4) is 0 Å². The second-order valence-electron chi connectivity index (χ2n) is 8.21. The zero-order valence-corrected chi connectivity index (χ0v) is 15.8. The highest BCUT2D eigenvalue weighted by Crippen LogP contribution is 2.14. The number of hydrogen-bond acceptors (Lipinski definition) is 6. The summed E-state index contributed by atoms with van der Waals surface area (Å²) in [4.78, 5) is 39.4. The third-order valence-corrected chi connectivity index (χ3v) is 3.23. The lowest BCUT2D eigenvalue weighted by Crippen LogP contribution is -2.57. The smallest absolute Gasteiger partial charge is 0.326 e. The molecular weight excluding hydrogens is 312 g/mol. The molecule has 1 atom stereocenters. The Hall–Kier alpha value is -1.63. The average Bonchev–Trinajstić information content (AvgIpc) is 2.28. The number of esters is 2. The molecule has 1 amide bonds. The molecule has 0 aromatic carbocycles. The number of amides is 1. The molecule has 0 saturated carbocycles. The molecule has 0 aromatic rings. The predicted octanol–water partition coefficient (Wildman–Crippen LogP) is 1.20. The van der Waals surface area contributed by atoms with Crippen LogP contribution in [0.25, 0.3) is 0 Å². The highest BCUT2D eigenvalue weighted by Gasteiger charge is 2.33. The van der Waals surface area contributed by atoms with Gasteiger partial charge in [0.15, 0.2) is 0 Å². The summed E-state index contributed by atoms with van der Waals surface area (Å²) >= 11 is 0. The molecule has 0 aromatic heterocycles. The van der Waals surface area contributed by atoms with Gasteiger partial charge in [-0.3, -0.25) is 19.3 Å². The molecular formula is C17H30N2O5. The number of piperazine rings is 1. The van der Waals surface area contributed by atoms with Gasteiger partial charge in [-0.25, -0.2) is 0 Å². The minimum atomic E-state index is -0.581. The van der Waals surface area contributed by atoms with E-state index in [4.69, 9.17) is 9.47 Å². The molecule has 1 rings (SSSR count). The summed E-state index contributed by atoms with van der Waals surface area (Å²) < 4.78 is 10.5. The highest BCUT2D eigenvalue weighted by atomic mass is 16.6. The van der Waals surface area contributed by atoms with Gasteiger partial charge in [0.05, 0.1) is 13.1 Å². The lowest BCUT2D eigenvalue weighted by atomic mass is 10.1. The fourth-order valence-electron chi connectivity index (χ4n) is 2.50. The van der Waals surface area contributed by atoms with Gasteiger partial charge in [0, 0.05) is 12.6 Å². The summed E-state index contributed by atoms with van der Waals surface area (Å²) in [6.45, 7) is 13.2. The van der Waals surface area contributed by atoms with Crippen molar-refractivity contribution in [2.45, 2.75) is 65.7 Å². The Labute approximate surface area is 144 Å². The summed E-state index contributed by atoms with van der Waals surface area (Å²) in [6, 6.07) is -0.179. The fourth-order valence-corrected chi connectivity index (χ4v) is 2.50. The van der Waals surface area contributed by atoms with E-state index < -0.39 is 17.2 Å². The van der Waals surface area contributed by atoms with Gasteiger partial charge in [0.1, 0.15) is 17.7 Å². The van der Waals surface area contributed by atoms with Crippen LogP contribution < -0.4 is 0 Å². The van der Waals surface area contributed by atoms with E-state index >= 15 is 0 Å². The molecule has 7 nitrogen and oxygen atoms in total. The topological polar surface area (TPSA) is 76.2 Å². The van der Waals surface area contributed by atoms with Gasteiger partial charge >= 0.3 is 11.9 Å². The van der Waals surface area contributed by atoms with Crippen LogP contribution in [-0.4, -0.2) is 71.1 Å². The Morgan fingerprint density at radius 1 is 1.00 bits per heavy atom. The van der Waals surface area contributed by atoms with Crippen LogP contribution in [0.4, 0.5) is 0 Å². The van der Waals surface area contributed by atoms with Gasteiger partial charge in [0.25, 0.3) is 0 Å². The molecule has 1 heterocycles. The Kier molecular flexibility index (Phi) is 6.38. The number of nitrogens with zero attached hydrogens (tertiary/aromatic N) is 2. The lowest BCUT2D eigenvalue weighted by molar-refractivity contribution is -0.164. The van der Waals surface area contributed by atoms with Gasteiger partial charge in [0.2, 0.25) is 5.91 Å².